The third-order valence-corrected chi connectivity index (χ3v) is 12.2. The number of unbranched alkanes of at least 4 members (excludes halogenated alkanes) is 2. The number of primary sulfonamides is 1. The Morgan fingerprint density at radius 2 is 1.60 bits per heavy atom. The minimum absolute atomic E-state index is 0.0619. The highest BCUT2D eigenvalue weighted by molar-refractivity contribution is 7.89. The van der Waals surface area contributed by atoms with Gasteiger partial charge in [0.2, 0.25) is 33.7 Å². The number of piperazine rings is 1. The van der Waals surface area contributed by atoms with Crippen molar-refractivity contribution in [1.29, 1.82) is 0 Å². The monoisotopic (exact) mass is 864 g/mol. The van der Waals surface area contributed by atoms with E-state index in [1.807, 2.05) is 56.9 Å². The van der Waals surface area contributed by atoms with Crippen molar-refractivity contribution in [2.45, 2.75) is 82.6 Å². The fourth-order valence-electron chi connectivity index (χ4n) is 8.05. The fraction of sp³-hybridized carbons (Fsp3) is 0.386. The highest BCUT2D eigenvalue weighted by Crippen LogP contribution is 2.37. The minimum atomic E-state index is -3.96. The van der Waals surface area contributed by atoms with E-state index in [4.69, 9.17) is 10.1 Å². The molecule has 2 saturated heterocycles. The van der Waals surface area contributed by atoms with E-state index in [0.29, 0.717) is 67.8 Å². The summed E-state index contributed by atoms with van der Waals surface area (Å²) in [6.45, 7) is 11.0. The lowest BCUT2D eigenvalue weighted by atomic mass is 9.85. The van der Waals surface area contributed by atoms with Gasteiger partial charge in [-0.15, -0.1) is 0 Å². The molecular weight excluding hydrogens is 813 g/mol. The minimum Gasteiger partial charge on any atom is -0.385 e. The molecule has 4 aromatic rings. The van der Waals surface area contributed by atoms with Gasteiger partial charge >= 0.3 is 0 Å². The molecule has 62 heavy (non-hydrogen) atoms. The summed E-state index contributed by atoms with van der Waals surface area (Å²) < 4.78 is 24.9. The molecule has 3 aromatic carbocycles. The number of rotatable bonds is 14. The fourth-order valence-corrected chi connectivity index (χ4v) is 9.02. The lowest BCUT2D eigenvalue weighted by Gasteiger charge is -2.36. The zero-order valence-electron chi connectivity index (χ0n) is 35.3. The number of anilines is 6. The van der Waals surface area contributed by atoms with E-state index >= 15 is 0 Å². The number of benzene rings is 3. The number of nitrogens with one attached hydrogen (secondary N) is 4. The molecule has 4 heterocycles. The van der Waals surface area contributed by atoms with Gasteiger partial charge in [-0.25, -0.2) is 18.5 Å². The average Bonchev–Trinajstić information content (AvgIpc) is 3.47. The number of fused-ring (bicyclic) bond motifs is 1. The maximum Gasteiger partial charge on any atom is 0.262 e. The second-order valence-corrected chi connectivity index (χ2v) is 18.3. The van der Waals surface area contributed by atoms with Gasteiger partial charge in [-0.2, -0.15) is 4.98 Å². The van der Waals surface area contributed by atoms with Gasteiger partial charge in [0, 0.05) is 85.6 Å². The largest absolute Gasteiger partial charge is 0.385 e. The number of nitrogens with zero attached hydrogens (tertiary/aromatic N) is 5. The van der Waals surface area contributed by atoms with Gasteiger partial charge in [0.15, 0.2) is 0 Å². The van der Waals surface area contributed by atoms with Gasteiger partial charge in [0.1, 0.15) is 11.9 Å². The number of nitrogens with two attached hydrogens (primary N) is 1. The lowest BCUT2D eigenvalue weighted by Crippen LogP contribution is -2.54. The molecule has 326 valence electrons. The molecule has 7 rings (SSSR count). The maximum absolute atomic E-state index is 13.1. The molecule has 0 aliphatic carbocycles. The van der Waals surface area contributed by atoms with E-state index in [0.717, 1.165) is 41.1 Å². The van der Waals surface area contributed by atoms with Gasteiger partial charge in [-0.05, 0) is 86.2 Å². The SMILES string of the molecule is Cc1cnc(Nc2ccc(N3CCN(C(=O)CCCCCNc4ccc5c(c4)C(=O)N(C4CCC(=O)NC4=O)C5=O)CC3)cc2)nc1Nc1cccc(S(N)(=O)=O)c1C(C)(C)C. The number of aromatic nitrogens is 2. The Morgan fingerprint density at radius 3 is 2.29 bits per heavy atom. The first-order valence-electron chi connectivity index (χ1n) is 20.7. The van der Waals surface area contributed by atoms with Crippen LogP contribution in [0, 0.1) is 6.92 Å². The predicted octanol–water partition coefficient (Wildman–Crippen LogP) is 4.94. The molecule has 3 aliphatic rings. The number of carbonyl (C=O) groups is 5. The Bertz CT molecular complexity index is 2520. The van der Waals surface area contributed by atoms with E-state index < -0.39 is 45.1 Å². The van der Waals surface area contributed by atoms with Crippen molar-refractivity contribution in [3.8, 4) is 0 Å². The van der Waals surface area contributed by atoms with Crippen molar-refractivity contribution in [2.75, 3.05) is 53.6 Å². The molecule has 1 atom stereocenters. The number of aryl methyl sites for hydroxylation is 1. The van der Waals surface area contributed by atoms with Crippen LogP contribution in [0.5, 0.6) is 0 Å². The summed E-state index contributed by atoms with van der Waals surface area (Å²) in [5.74, 6) is -1.11. The highest BCUT2D eigenvalue weighted by Gasteiger charge is 2.44. The molecule has 1 aromatic heterocycles. The van der Waals surface area contributed by atoms with Crippen LogP contribution in [0.3, 0.4) is 0 Å². The zero-order chi connectivity index (χ0) is 44.3. The molecular formula is C44H52N10O7S. The Kier molecular flexibility index (Phi) is 12.6. The van der Waals surface area contributed by atoms with Crippen LogP contribution >= 0.6 is 0 Å². The molecule has 18 heteroatoms. The Balaban J connectivity index is 0.837. The molecule has 0 spiro atoms. The molecule has 17 nitrogen and oxygen atoms in total. The standard InChI is InChI=1S/C44H52N10O7S/c1-27-26-47-43(51-39(27)49-33-9-8-10-35(62(45,60)61)38(33)44(2,3)4)48-28-12-15-30(16-13-28)52-21-23-53(24-22-52)37(56)11-6-5-7-20-46-29-14-17-31-32(25-29)42(59)54(41(31)58)34-18-19-36(55)50-40(34)57/h8-10,12-17,25-26,34,46H,5-7,11,18-24H2,1-4H3,(H2,45,60,61)(H,50,55,57)(H2,47,48,49,51). The smallest absolute Gasteiger partial charge is 0.262 e. The number of amides is 5. The van der Waals surface area contributed by atoms with Crippen LogP contribution in [0.2, 0.25) is 0 Å². The number of carbonyl (C=O) groups excluding carboxylic acids is 5. The molecule has 6 N–H and O–H groups in total. The van der Waals surface area contributed by atoms with Crippen molar-refractivity contribution in [2.24, 2.45) is 5.14 Å². The van der Waals surface area contributed by atoms with Crippen LogP contribution in [0.1, 0.15) is 91.1 Å². The topological polar surface area (TPSA) is 229 Å². The molecule has 0 saturated carbocycles. The summed E-state index contributed by atoms with van der Waals surface area (Å²) in [4.78, 5) is 77.3. The van der Waals surface area contributed by atoms with Crippen molar-refractivity contribution in [1.82, 2.24) is 25.1 Å². The van der Waals surface area contributed by atoms with E-state index in [-0.39, 0.29) is 34.8 Å². The van der Waals surface area contributed by atoms with Gasteiger partial charge in [-0.3, -0.25) is 34.2 Å². The van der Waals surface area contributed by atoms with E-state index in [9.17, 15) is 32.4 Å². The number of sulfonamides is 1. The summed E-state index contributed by atoms with van der Waals surface area (Å²) in [7, 11) is -3.96. The molecule has 0 radical (unpaired) electrons. The summed E-state index contributed by atoms with van der Waals surface area (Å²) in [5.41, 5.74) is 4.37. The van der Waals surface area contributed by atoms with Gasteiger partial charge in [0.25, 0.3) is 11.8 Å². The number of hydrogen-bond acceptors (Lipinski definition) is 13. The average molecular weight is 865 g/mol. The molecule has 0 bridgehead atoms. The van der Waals surface area contributed by atoms with Crippen molar-refractivity contribution in [3.05, 3.63) is 89.1 Å². The zero-order valence-corrected chi connectivity index (χ0v) is 36.1. The third kappa shape index (κ3) is 9.71. The normalized spacial score (nSPS) is 16.9. The second kappa shape index (κ2) is 17.9. The van der Waals surface area contributed by atoms with Crippen LogP contribution in [-0.4, -0.2) is 96.5 Å². The first-order valence-corrected chi connectivity index (χ1v) is 22.3. The molecule has 3 aliphatic heterocycles. The van der Waals surface area contributed by atoms with Crippen molar-refractivity contribution in [3.63, 3.8) is 0 Å². The van der Waals surface area contributed by atoms with Crippen molar-refractivity contribution >= 4 is 74.1 Å². The van der Waals surface area contributed by atoms with Gasteiger partial charge in [0.05, 0.1) is 16.0 Å². The van der Waals surface area contributed by atoms with E-state index in [1.165, 1.54) is 6.07 Å². The summed E-state index contributed by atoms with van der Waals surface area (Å²) in [6, 6.07) is 16.8. The van der Waals surface area contributed by atoms with Crippen molar-refractivity contribution < 1.29 is 32.4 Å². The maximum atomic E-state index is 13.1. The Morgan fingerprint density at radius 1 is 0.887 bits per heavy atom. The van der Waals surface area contributed by atoms with Crippen LogP contribution in [0.15, 0.2) is 71.8 Å². The number of hydrogen-bond donors (Lipinski definition) is 5. The van der Waals surface area contributed by atoms with Gasteiger partial charge < -0.3 is 25.8 Å². The second-order valence-electron chi connectivity index (χ2n) is 16.8. The Hall–Kier alpha value is -6.40. The molecule has 5 amide bonds. The number of piperidine rings is 1. The highest BCUT2D eigenvalue weighted by atomic mass is 32.2. The number of imide groups is 2. The lowest BCUT2D eigenvalue weighted by molar-refractivity contribution is -0.136. The van der Waals surface area contributed by atoms with Gasteiger partial charge in [-0.1, -0.05) is 33.3 Å². The Labute approximate surface area is 360 Å². The van der Waals surface area contributed by atoms with Crippen LogP contribution in [0.25, 0.3) is 0 Å². The van der Waals surface area contributed by atoms with Crippen LogP contribution < -0.4 is 31.3 Å². The molecule has 2 fully saturated rings. The summed E-state index contributed by atoms with van der Waals surface area (Å²) in [6.07, 6.45) is 4.72. The molecule has 1 unspecified atom stereocenters. The van der Waals surface area contributed by atoms with E-state index in [2.05, 4.69) is 31.2 Å². The quantitative estimate of drug-likeness (QED) is 0.0837. The summed E-state index contributed by atoms with van der Waals surface area (Å²) >= 11 is 0. The van der Waals surface area contributed by atoms with Crippen LogP contribution in [-0.2, 0) is 29.8 Å². The predicted molar refractivity (Wildman–Crippen MR) is 235 cm³/mol. The first kappa shape index (κ1) is 43.7. The van der Waals surface area contributed by atoms with E-state index in [1.54, 1.807) is 36.5 Å². The summed E-state index contributed by atoms with van der Waals surface area (Å²) in [5, 5.41) is 17.6. The van der Waals surface area contributed by atoms with Crippen LogP contribution in [0.4, 0.5) is 34.5 Å². The first-order chi connectivity index (χ1) is 29.5. The third-order valence-electron chi connectivity index (χ3n) is 11.3.